The van der Waals surface area contributed by atoms with E-state index >= 15 is 0 Å². The summed E-state index contributed by atoms with van der Waals surface area (Å²) in [6.07, 6.45) is 4.38. The van der Waals surface area contributed by atoms with Crippen molar-refractivity contribution in [3.63, 3.8) is 0 Å². The Morgan fingerprint density at radius 3 is 2.91 bits per heavy atom. The summed E-state index contributed by atoms with van der Waals surface area (Å²) in [5, 5.41) is 6.25. The van der Waals surface area contributed by atoms with E-state index in [1.54, 1.807) is 0 Å². The van der Waals surface area contributed by atoms with Gasteiger partial charge in [0.1, 0.15) is 6.04 Å². The zero-order valence-corrected chi connectivity index (χ0v) is 13.4. The molecule has 0 radical (unpaired) electrons. The third kappa shape index (κ3) is 2.89. The van der Waals surface area contributed by atoms with Gasteiger partial charge in [-0.05, 0) is 30.9 Å². The summed E-state index contributed by atoms with van der Waals surface area (Å²) < 4.78 is 0. The number of anilines is 1. The number of fused-ring (bicyclic) bond motifs is 1. The Hall–Kier alpha value is -2.49. The van der Waals surface area contributed by atoms with E-state index in [2.05, 4.69) is 47.4 Å². The fourth-order valence-corrected chi connectivity index (χ4v) is 3.40. The molecule has 1 saturated heterocycles. The van der Waals surface area contributed by atoms with Crippen LogP contribution in [0.4, 0.5) is 5.69 Å². The molecule has 1 aromatic carbocycles. The lowest BCUT2D eigenvalue weighted by atomic mass is 9.92. The van der Waals surface area contributed by atoms with E-state index in [0.717, 1.165) is 55.0 Å². The van der Waals surface area contributed by atoms with E-state index in [0.29, 0.717) is 0 Å². The van der Waals surface area contributed by atoms with Gasteiger partial charge in [-0.3, -0.25) is 4.79 Å². The van der Waals surface area contributed by atoms with Gasteiger partial charge in [-0.1, -0.05) is 31.4 Å². The molecule has 1 aromatic rings. The van der Waals surface area contributed by atoms with Gasteiger partial charge in [0.05, 0.1) is 0 Å². The summed E-state index contributed by atoms with van der Waals surface area (Å²) in [6, 6.07) is 6.05. The van der Waals surface area contributed by atoms with Gasteiger partial charge in [0, 0.05) is 35.7 Å². The summed E-state index contributed by atoms with van der Waals surface area (Å²) >= 11 is 0. The fraction of sp³-hybridized carbons (Fsp3) is 0.316. The van der Waals surface area contributed by atoms with Crippen LogP contribution < -0.4 is 10.6 Å². The molecule has 1 unspecified atom stereocenters. The van der Waals surface area contributed by atoms with Crippen LogP contribution in [-0.4, -0.2) is 29.9 Å². The summed E-state index contributed by atoms with van der Waals surface area (Å²) in [5.74, 6) is 0.0341. The number of piperidine rings is 1. The van der Waals surface area contributed by atoms with E-state index < -0.39 is 0 Å². The van der Waals surface area contributed by atoms with Gasteiger partial charge < -0.3 is 15.5 Å². The number of nitrogens with one attached hydrogen (secondary N) is 2. The molecular formula is C19H23N3O. The van der Waals surface area contributed by atoms with E-state index in [-0.39, 0.29) is 11.9 Å². The second-order valence-electron chi connectivity index (χ2n) is 6.04. The quantitative estimate of drug-likeness (QED) is 0.841. The molecule has 4 nitrogen and oxygen atoms in total. The lowest BCUT2D eigenvalue weighted by Crippen LogP contribution is -2.50. The van der Waals surface area contributed by atoms with Crippen LogP contribution in [0.5, 0.6) is 0 Å². The Kier molecular flexibility index (Phi) is 4.24. The van der Waals surface area contributed by atoms with Crippen LogP contribution in [0.1, 0.15) is 24.0 Å². The third-order valence-electron chi connectivity index (χ3n) is 4.57. The molecule has 120 valence electrons. The Labute approximate surface area is 137 Å². The van der Waals surface area contributed by atoms with Crippen molar-refractivity contribution in [3.8, 4) is 0 Å². The van der Waals surface area contributed by atoms with Crippen LogP contribution in [0, 0.1) is 0 Å². The molecule has 4 heteroatoms. The maximum atomic E-state index is 12.3. The minimum absolute atomic E-state index is 0.0341. The Morgan fingerprint density at radius 1 is 1.35 bits per heavy atom. The first-order chi connectivity index (χ1) is 11.1. The second kappa shape index (κ2) is 6.32. The van der Waals surface area contributed by atoms with Crippen LogP contribution in [0.3, 0.4) is 0 Å². The highest BCUT2D eigenvalue weighted by Gasteiger charge is 2.33. The smallest absolute Gasteiger partial charge is 0.246 e. The molecule has 0 spiro atoms. The fourth-order valence-electron chi connectivity index (χ4n) is 3.40. The van der Waals surface area contributed by atoms with Crippen molar-refractivity contribution >= 4 is 17.3 Å². The van der Waals surface area contributed by atoms with Gasteiger partial charge in [0.25, 0.3) is 0 Å². The lowest BCUT2D eigenvalue weighted by Gasteiger charge is -2.40. The summed E-state index contributed by atoms with van der Waals surface area (Å²) in [5.41, 5.74) is 5.27. The predicted molar refractivity (Wildman–Crippen MR) is 94.9 cm³/mol. The summed E-state index contributed by atoms with van der Waals surface area (Å²) in [7, 11) is 0. The summed E-state index contributed by atoms with van der Waals surface area (Å²) in [6.45, 7) is 13.4. The maximum Gasteiger partial charge on any atom is 0.246 e. The number of rotatable bonds is 4. The standard InChI is InChI=1S/C19H23N3O/c1-4-11-20-17-7-5-6-15-14(3)22(12-10-16(15)17)18-9-8-13(2)21-19(18)23/h4-7,18,20H,1-3,8-12H2,(H,21,23). The van der Waals surface area contributed by atoms with Crippen LogP contribution in [0.25, 0.3) is 5.70 Å². The van der Waals surface area contributed by atoms with Crippen molar-refractivity contribution in [2.24, 2.45) is 0 Å². The molecule has 2 aliphatic rings. The van der Waals surface area contributed by atoms with Gasteiger partial charge in [-0.2, -0.15) is 0 Å². The van der Waals surface area contributed by atoms with E-state index in [4.69, 9.17) is 0 Å². The largest absolute Gasteiger partial charge is 0.381 e. The van der Waals surface area contributed by atoms with Crippen molar-refractivity contribution in [1.82, 2.24) is 10.2 Å². The number of nitrogens with zero attached hydrogens (tertiary/aromatic N) is 1. The monoisotopic (exact) mass is 309 g/mol. The highest BCUT2D eigenvalue weighted by atomic mass is 16.2. The Morgan fingerprint density at radius 2 is 2.17 bits per heavy atom. The first-order valence-corrected chi connectivity index (χ1v) is 8.03. The van der Waals surface area contributed by atoms with E-state index in [9.17, 15) is 4.79 Å². The molecule has 1 amide bonds. The van der Waals surface area contributed by atoms with Crippen molar-refractivity contribution in [1.29, 1.82) is 0 Å². The first-order valence-electron chi connectivity index (χ1n) is 8.03. The van der Waals surface area contributed by atoms with Crippen LogP contribution in [0.15, 0.2) is 49.7 Å². The number of hydrogen-bond donors (Lipinski definition) is 2. The third-order valence-corrected chi connectivity index (χ3v) is 4.57. The molecule has 0 aliphatic carbocycles. The second-order valence-corrected chi connectivity index (χ2v) is 6.04. The van der Waals surface area contributed by atoms with Gasteiger partial charge in [-0.15, -0.1) is 6.58 Å². The van der Waals surface area contributed by atoms with Crippen molar-refractivity contribution < 1.29 is 4.79 Å². The molecule has 2 heterocycles. The average Bonchev–Trinajstić information content (AvgIpc) is 2.54. The lowest BCUT2D eigenvalue weighted by molar-refractivity contribution is -0.125. The highest BCUT2D eigenvalue weighted by molar-refractivity contribution is 5.87. The van der Waals surface area contributed by atoms with Gasteiger partial charge >= 0.3 is 0 Å². The molecule has 0 saturated carbocycles. The maximum absolute atomic E-state index is 12.3. The molecular weight excluding hydrogens is 286 g/mol. The number of allylic oxidation sites excluding steroid dienone is 1. The van der Waals surface area contributed by atoms with E-state index in [1.807, 2.05) is 12.1 Å². The highest BCUT2D eigenvalue weighted by Crippen LogP contribution is 2.35. The van der Waals surface area contributed by atoms with Gasteiger partial charge in [-0.25, -0.2) is 0 Å². The zero-order valence-electron chi connectivity index (χ0n) is 13.4. The molecule has 1 atom stereocenters. The predicted octanol–water partition coefficient (Wildman–Crippen LogP) is 2.91. The first kappa shape index (κ1) is 15.4. The molecule has 1 fully saturated rings. The SMILES string of the molecule is C=CCNc1cccc2c1CCN(C1CCC(=C)NC1=O)C2=C. The topological polar surface area (TPSA) is 44.4 Å². The normalized spacial score (nSPS) is 20.8. The number of hydrogen-bond acceptors (Lipinski definition) is 3. The van der Waals surface area contributed by atoms with Crippen molar-refractivity contribution in [2.45, 2.75) is 25.3 Å². The minimum atomic E-state index is -0.147. The van der Waals surface area contributed by atoms with Gasteiger partial charge in [0.2, 0.25) is 5.91 Å². The van der Waals surface area contributed by atoms with Gasteiger partial charge in [0.15, 0.2) is 0 Å². The van der Waals surface area contributed by atoms with Crippen molar-refractivity contribution in [3.05, 3.63) is 60.8 Å². The van der Waals surface area contributed by atoms with Crippen LogP contribution in [0.2, 0.25) is 0 Å². The van der Waals surface area contributed by atoms with Crippen molar-refractivity contribution in [2.75, 3.05) is 18.4 Å². The zero-order chi connectivity index (χ0) is 16.4. The molecule has 23 heavy (non-hydrogen) atoms. The van der Waals surface area contributed by atoms with E-state index in [1.165, 1.54) is 5.56 Å². The molecule has 2 aliphatic heterocycles. The molecule has 3 rings (SSSR count). The number of benzene rings is 1. The van der Waals surface area contributed by atoms with Crippen LogP contribution >= 0.6 is 0 Å². The summed E-state index contributed by atoms with van der Waals surface area (Å²) in [4.78, 5) is 14.4. The number of carbonyl (C=O) groups excluding carboxylic acids is 1. The average molecular weight is 309 g/mol. The minimum Gasteiger partial charge on any atom is -0.381 e. The molecule has 0 aromatic heterocycles. The number of amides is 1. The Bertz CT molecular complexity index is 677. The Balaban J connectivity index is 1.85. The molecule has 0 bridgehead atoms. The molecule has 2 N–H and O–H groups in total. The van der Waals surface area contributed by atoms with Crippen LogP contribution in [-0.2, 0) is 11.2 Å². The number of carbonyl (C=O) groups is 1.